The Morgan fingerprint density at radius 3 is 2.36 bits per heavy atom. The monoisotopic (exact) mass is 286 g/mol. The van der Waals surface area contributed by atoms with Crippen LogP contribution in [0.3, 0.4) is 0 Å². The van der Waals surface area contributed by atoms with Gasteiger partial charge in [0.25, 0.3) is 0 Å². The van der Waals surface area contributed by atoms with Crippen molar-refractivity contribution in [3.63, 3.8) is 0 Å². The van der Waals surface area contributed by atoms with Crippen LogP contribution in [0.1, 0.15) is 27.0 Å². The van der Waals surface area contributed by atoms with E-state index in [2.05, 4.69) is 12.1 Å². The van der Waals surface area contributed by atoms with Crippen LogP contribution in [0, 0.1) is 0 Å². The summed E-state index contributed by atoms with van der Waals surface area (Å²) in [6, 6.07) is 20.8. The Kier molecular flexibility index (Phi) is 2.83. The Morgan fingerprint density at radius 1 is 0.818 bits per heavy atom. The fourth-order valence-corrected chi connectivity index (χ4v) is 3.12. The van der Waals surface area contributed by atoms with Gasteiger partial charge in [-0.2, -0.15) is 0 Å². The van der Waals surface area contributed by atoms with Crippen LogP contribution in [0.4, 0.5) is 0 Å². The normalized spacial score (nSPS) is 11.8. The number of ketones is 1. The van der Waals surface area contributed by atoms with Gasteiger partial charge in [-0.05, 0) is 22.8 Å². The highest BCUT2D eigenvalue weighted by atomic mass is 16.3. The molecule has 2 nitrogen and oxygen atoms in total. The second-order valence-electron chi connectivity index (χ2n) is 5.52. The van der Waals surface area contributed by atoms with Gasteiger partial charge in [-0.1, -0.05) is 60.7 Å². The summed E-state index contributed by atoms with van der Waals surface area (Å²) in [6.45, 7) is 0. The van der Waals surface area contributed by atoms with Crippen LogP contribution in [0.15, 0.2) is 66.7 Å². The van der Waals surface area contributed by atoms with E-state index in [0.717, 1.165) is 16.7 Å². The second-order valence-corrected chi connectivity index (χ2v) is 5.52. The molecule has 3 aromatic rings. The lowest BCUT2D eigenvalue weighted by Gasteiger charge is -2.09. The van der Waals surface area contributed by atoms with Crippen molar-refractivity contribution in [3.8, 4) is 16.9 Å². The van der Waals surface area contributed by atoms with E-state index in [1.165, 1.54) is 5.56 Å². The zero-order valence-electron chi connectivity index (χ0n) is 11.9. The molecular weight excluding hydrogens is 272 g/mol. The first-order valence-corrected chi connectivity index (χ1v) is 7.28. The summed E-state index contributed by atoms with van der Waals surface area (Å²) in [5.41, 5.74) is 5.18. The third-order valence-electron chi connectivity index (χ3n) is 4.24. The number of rotatable bonds is 2. The Bertz CT molecular complexity index is 879. The van der Waals surface area contributed by atoms with Gasteiger partial charge in [-0.15, -0.1) is 0 Å². The zero-order valence-corrected chi connectivity index (χ0v) is 11.9. The molecule has 2 heteroatoms. The van der Waals surface area contributed by atoms with Crippen molar-refractivity contribution in [2.45, 2.75) is 6.42 Å². The van der Waals surface area contributed by atoms with Gasteiger partial charge in [0.15, 0.2) is 5.78 Å². The van der Waals surface area contributed by atoms with E-state index in [4.69, 9.17) is 0 Å². The number of hydrogen-bond acceptors (Lipinski definition) is 2. The lowest BCUT2D eigenvalue weighted by atomic mass is 9.97. The summed E-state index contributed by atoms with van der Waals surface area (Å²) < 4.78 is 0. The van der Waals surface area contributed by atoms with Gasteiger partial charge in [-0.25, -0.2) is 0 Å². The minimum absolute atomic E-state index is 0.113. The molecule has 0 aliphatic heterocycles. The van der Waals surface area contributed by atoms with Gasteiger partial charge in [0.1, 0.15) is 5.75 Å². The topological polar surface area (TPSA) is 37.3 Å². The number of phenolic OH excluding ortho intramolecular Hbond substituents is 1. The molecule has 0 saturated carbocycles. The van der Waals surface area contributed by atoms with E-state index in [-0.39, 0.29) is 11.5 Å². The van der Waals surface area contributed by atoms with Gasteiger partial charge < -0.3 is 5.11 Å². The molecule has 22 heavy (non-hydrogen) atoms. The fourth-order valence-electron chi connectivity index (χ4n) is 3.12. The molecule has 0 radical (unpaired) electrons. The van der Waals surface area contributed by atoms with E-state index < -0.39 is 0 Å². The van der Waals surface area contributed by atoms with Crippen molar-refractivity contribution in [1.29, 1.82) is 0 Å². The molecule has 0 saturated heterocycles. The Morgan fingerprint density at radius 2 is 1.55 bits per heavy atom. The van der Waals surface area contributed by atoms with Crippen LogP contribution >= 0.6 is 0 Å². The van der Waals surface area contributed by atoms with Crippen molar-refractivity contribution in [1.82, 2.24) is 0 Å². The first-order valence-electron chi connectivity index (χ1n) is 7.28. The molecule has 0 bridgehead atoms. The third kappa shape index (κ3) is 1.85. The number of benzene rings is 3. The molecule has 0 atom stereocenters. The predicted molar refractivity (Wildman–Crippen MR) is 86.2 cm³/mol. The molecule has 106 valence electrons. The van der Waals surface area contributed by atoms with Crippen LogP contribution in [0.25, 0.3) is 11.1 Å². The number of fused-ring (bicyclic) bond motifs is 3. The summed E-state index contributed by atoms with van der Waals surface area (Å²) in [4.78, 5) is 12.6. The van der Waals surface area contributed by atoms with E-state index >= 15 is 0 Å². The largest absolute Gasteiger partial charge is 0.507 e. The number of carbonyl (C=O) groups is 1. The maximum absolute atomic E-state index is 12.6. The van der Waals surface area contributed by atoms with Gasteiger partial charge in [0.05, 0.1) is 5.56 Å². The van der Waals surface area contributed by atoms with E-state index in [1.54, 1.807) is 18.2 Å². The van der Waals surface area contributed by atoms with Crippen LogP contribution in [-0.2, 0) is 6.42 Å². The molecule has 1 aliphatic rings. The Balaban J connectivity index is 1.83. The van der Waals surface area contributed by atoms with Gasteiger partial charge in [-0.3, -0.25) is 4.79 Å². The van der Waals surface area contributed by atoms with Crippen LogP contribution in [0.2, 0.25) is 0 Å². The SMILES string of the molecule is O=C(c1ccccc1)c1ccc2c(c1O)Cc1ccccc1-2. The molecule has 1 N–H and O–H groups in total. The minimum atomic E-state index is -0.142. The molecule has 1 aliphatic carbocycles. The Labute approximate surface area is 128 Å². The molecular formula is C20H14O2. The maximum atomic E-state index is 12.6. The highest BCUT2D eigenvalue weighted by Gasteiger charge is 2.25. The molecule has 0 aromatic heterocycles. The van der Waals surface area contributed by atoms with Crippen molar-refractivity contribution in [2.24, 2.45) is 0 Å². The van der Waals surface area contributed by atoms with Crippen LogP contribution in [0.5, 0.6) is 5.75 Å². The number of aromatic hydroxyl groups is 1. The van der Waals surface area contributed by atoms with Gasteiger partial charge in [0, 0.05) is 17.5 Å². The van der Waals surface area contributed by atoms with E-state index in [9.17, 15) is 9.90 Å². The lowest BCUT2D eigenvalue weighted by molar-refractivity contribution is 0.103. The third-order valence-corrected chi connectivity index (χ3v) is 4.24. The maximum Gasteiger partial charge on any atom is 0.196 e. The zero-order chi connectivity index (χ0) is 15.1. The fraction of sp³-hybridized carbons (Fsp3) is 0.0500. The summed E-state index contributed by atoms with van der Waals surface area (Å²) in [7, 11) is 0. The van der Waals surface area contributed by atoms with Crippen molar-refractivity contribution >= 4 is 5.78 Å². The summed E-state index contributed by atoms with van der Waals surface area (Å²) in [6.07, 6.45) is 0.674. The molecule has 4 rings (SSSR count). The number of hydrogen-bond donors (Lipinski definition) is 1. The van der Waals surface area contributed by atoms with E-state index in [1.807, 2.05) is 36.4 Å². The summed E-state index contributed by atoms with van der Waals surface area (Å²) in [5, 5.41) is 10.6. The molecule has 0 spiro atoms. The first kappa shape index (κ1) is 12.8. The van der Waals surface area contributed by atoms with Crippen LogP contribution < -0.4 is 0 Å². The lowest BCUT2D eigenvalue weighted by Crippen LogP contribution is -2.02. The second kappa shape index (κ2) is 4.85. The standard InChI is InChI=1S/C20H14O2/c21-19(13-6-2-1-3-7-13)17-11-10-16-15-9-5-4-8-14(15)12-18(16)20(17)22/h1-11,22H,12H2. The highest BCUT2D eigenvalue weighted by Crippen LogP contribution is 2.42. The molecule has 3 aromatic carbocycles. The van der Waals surface area contributed by atoms with Crippen molar-refractivity contribution in [3.05, 3.63) is 89.0 Å². The van der Waals surface area contributed by atoms with E-state index in [0.29, 0.717) is 17.5 Å². The quantitative estimate of drug-likeness (QED) is 0.561. The average molecular weight is 286 g/mol. The predicted octanol–water partition coefficient (Wildman–Crippen LogP) is 4.19. The van der Waals surface area contributed by atoms with Crippen molar-refractivity contribution < 1.29 is 9.90 Å². The highest BCUT2D eigenvalue weighted by molar-refractivity contribution is 6.11. The molecule has 0 fully saturated rings. The molecule has 0 unspecified atom stereocenters. The molecule has 0 amide bonds. The Hall–Kier alpha value is -2.87. The average Bonchev–Trinajstić information content (AvgIpc) is 2.95. The number of carbonyl (C=O) groups excluding carboxylic acids is 1. The van der Waals surface area contributed by atoms with Crippen molar-refractivity contribution in [2.75, 3.05) is 0 Å². The first-order chi connectivity index (χ1) is 10.8. The summed E-state index contributed by atoms with van der Waals surface area (Å²) >= 11 is 0. The van der Waals surface area contributed by atoms with Gasteiger partial charge in [0.2, 0.25) is 0 Å². The van der Waals surface area contributed by atoms with Crippen LogP contribution in [-0.4, -0.2) is 10.9 Å². The number of phenols is 1. The molecule has 0 heterocycles. The summed E-state index contributed by atoms with van der Waals surface area (Å²) in [5.74, 6) is -0.0283. The van der Waals surface area contributed by atoms with Gasteiger partial charge >= 0.3 is 0 Å². The minimum Gasteiger partial charge on any atom is -0.507 e. The smallest absolute Gasteiger partial charge is 0.196 e.